The first-order chi connectivity index (χ1) is 8.49. The fraction of sp³-hybridized carbons (Fsp3) is 0.0769. The molecule has 2 aromatic carbocycles. The summed E-state index contributed by atoms with van der Waals surface area (Å²) >= 11 is 11.1. The summed E-state index contributed by atoms with van der Waals surface area (Å²) in [5.74, 6) is -1.54. The van der Waals surface area contributed by atoms with Gasteiger partial charge >= 0.3 is 0 Å². The van der Waals surface area contributed by atoms with Gasteiger partial charge in [-0.15, -0.1) is 0 Å². The van der Waals surface area contributed by atoms with Crippen molar-refractivity contribution in [3.8, 4) is 0 Å². The Morgan fingerprint density at radius 3 is 2.17 bits per heavy atom. The maximum absolute atomic E-state index is 13.6. The average Bonchev–Trinajstić information content (AvgIpc) is 2.34. The molecule has 18 heavy (non-hydrogen) atoms. The van der Waals surface area contributed by atoms with E-state index >= 15 is 0 Å². The van der Waals surface area contributed by atoms with Crippen LogP contribution in [0.1, 0.15) is 17.2 Å². The molecule has 0 aliphatic rings. The van der Waals surface area contributed by atoms with Gasteiger partial charge in [0.1, 0.15) is 17.7 Å². The number of aliphatic hydroxyl groups is 1. The van der Waals surface area contributed by atoms with Gasteiger partial charge in [-0.3, -0.25) is 0 Å². The minimum Gasteiger partial charge on any atom is -0.384 e. The fourth-order valence-electron chi connectivity index (χ4n) is 1.57. The van der Waals surface area contributed by atoms with Crippen molar-refractivity contribution in [1.82, 2.24) is 0 Å². The van der Waals surface area contributed by atoms with E-state index in [0.717, 1.165) is 12.1 Å². The second kappa shape index (κ2) is 5.22. The molecular formula is C13H8Cl2F2O. The molecule has 0 aliphatic heterocycles. The van der Waals surface area contributed by atoms with E-state index in [0.29, 0.717) is 10.6 Å². The van der Waals surface area contributed by atoms with Crippen molar-refractivity contribution in [2.75, 3.05) is 0 Å². The number of benzene rings is 2. The van der Waals surface area contributed by atoms with Crippen LogP contribution in [0.3, 0.4) is 0 Å². The lowest BCUT2D eigenvalue weighted by Crippen LogP contribution is -2.03. The van der Waals surface area contributed by atoms with Crippen molar-refractivity contribution in [3.63, 3.8) is 0 Å². The molecule has 5 heteroatoms. The smallest absolute Gasteiger partial charge is 0.142 e. The highest BCUT2D eigenvalue weighted by molar-refractivity contribution is 6.31. The summed E-state index contributed by atoms with van der Waals surface area (Å²) in [5.41, 5.74) is 0.249. The first-order valence-electron chi connectivity index (χ1n) is 5.07. The predicted molar refractivity (Wildman–Crippen MR) is 66.9 cm³/mol. The third-order valence-electron chi connectivity index (χ3n) is 2.52. The zero-order chi connectivity index (χ0) is 13.3. The second-order valence-electron chi connectivity index (χ2n) is 3.74. The van der Waals surface area contributed by atoms with Crippen molar-refractivity contribution in [2.24, 2.45) is 0 Å². The van der Waals surface area contributed by atoms with Crippen LogP contribution in [0, 0.1) is 11.6 Å². The highest BCUT2D eigenvalue weighted by Crippen LogP contribution is 2.28. The van der Waals surface area contributed by atoms with E-state index in [2.05, 4.69) is 0 Å². The van der Waals surface area contributed by atoms with Crippen molar-refractivity contribution < 1.29 is 13.9 Å². The molecule has 94 valence electrons. The standard InChI is InChI=1S/C13H8Cl2F2O/c14-8-3-1-7(2-4-8)13(18)9-5-12(17)10(15)6-11(9)16/h1-6,13,18H. The molecule has 0 fully saturated rings. The Bertz CT molecular complexity index is 570. The molecule has 0 aromatic heterocycles. The maximum Gasteiger partial charge on any atom is 0.142 e. The van der Waals surface area contributed by atoms with Gasteiger partial charge in [-0.25, -0.2) is 8.78 Å². The Morgan fingerprint density at radius 2 is 1.56 bits per heavy atom. The normalized spacial score (nSPS) is 12.5. The van der Waals surface area contributed by atoms with Gasteiger partial charge < -0.3 is 5.11 Å². The van der Waals surface area contributed by atoms with Gasteiger partial charge in [0.05, 0.1) is 5.02 Å². The van der Waals surface area contributed by atoms with Gasteiger partial charge in [-0.05, 0) is 29.8 Å². The molecule has 0 saturated heterocycles. The van der Waals surface area contributed by atoms with E-state index in [9.17, 15) is 13.9 Å². The van der Waals surface area contributed by atoms with E-state index < -0.39 is 17.7 Å². The van der Waals surface area contributed by atoms with Crippen molar-refractivity contribution >= 4 is 23.2 Å². The number of hydrogen-bond acceptors (Lipinski definition) is 1. The minimum absolute atomic E-state index is 0.167. The Balaban J connectivity index is 2.42. The lowest BCUT2D eigenvalue weighted by Gasteiger charge is -2.13. The molecule has 0 heterocycles. The highest BCUT2D eigenvalue weighted by atomic mass is 35.5. The number of hydrogen-bond donors (Lipinski definition) is 1. The van der Waals surface area contributed by atoms with Crippen LogP contribution in [0.2, 0.25) is 10.0 Å². The Labute approximate surface area is 113 Å². The van der Waals surface area contributed by atoms with E-state index in [4.69, 9.17) is 23.2 Å². The molecule has 2 aromatic rings. The van der Waals surface area contributed by atoms with E-state index in [1.165, 1.54) is 0 Å². The summed E-state index contributed by atoms with van der Waals surface area (Å²) in [4.78, 5) is 0. The highest BCUT2D eigenvalue weighted by Gasteiger charge is 2.17. The van der Waals surface area contributed by atoms with Crippen molar-refractivity contribution in [2.45, 2.75) is 6.10 Å². The van der Waals surface area contributed by atoms with Crippen LogP contribution in [-0.4, -0.2) is 5.11 Å². The van der Waals surface area contributed by atoms with Gasteiger partial charge in [0.15, 0.2) is 0 Å². The van der Waals surface area contributed by atoms with Gasteiger partial charge in [0, 0.05) is 10.6 Å². The molecule has 1 N–H and O–H groups in total. The Morgan fingerprint density at radius 1 is 0.944 bits per heavy atom. The summed E-state index contributed by atoms with van der Waals surface area (Å²) in [5, 5.41) is 10.2. The molecule has 0 saturated carbocycles. The third kappa shape index (κ3) is 2.64. The largest absolute Gasteiger partial charge is 0.384 e. The molecular weight excluding hydrogens is 281 g/mol. The molecule has 1 nitrogen and oxygen atoms in total. The lowest BCUT2D eigenvalue weighted by atomic mass is 10.0. The molecule has 0 spiro atoms. The first kappa shape index (κ1) is 13.3. The third-order valence-corrected chi connectivity index (χ3v) is 3.06. The van der Waals surface area contributed by atoms with Crippen molar-refractivity contribution in [1.29, 1.82) is 0 Å². The summed E-state index contributed by atoms with van der Waals surface area (Å²) in [7, 11) is 0. The zero-order valence-electron chi connectivity index (χ0n) is 9.00. The van der Waals surface area contributed by atoms with E-state index in [1.807, 2.05) is 0 Å². The molecule has 1 atom stereocenters. The molecule has 0 amide bonds. The van der Waals surface area contributed by atoms with Crippen LogP contribution in [0.5, 0.6) is 0 Å². The van der Waals surface area contributed by atoms with E-state index in [-0.39, 0.29) is 10.6 Å². The van der Waals surface area contributed by atoms with Gasteiger partial charge in [0.2, 0.25) is 0 Å². The van der Waals surface area contributed by atoms with Gasteiger partial charge in [-0.2, -0.15) is 0 Å². The second-order valence-corrected chi connectivity index (χ2v) is 4.59. The Hall–Kier alpha value is -1.16. The number of rotatable bonds is 2. The van der Waals surface area contributed by atoms with E-state index in [1.54, 1.807) is 24.3 Å². The lowest BCUT2D eigenvalue weighted by molar-refractivity contribution is 0.214. The van der Waals surface area contributed by atoms with Gasteiger partial charge in [-0.1, -0.05) is 35.3 Å². The average molecular weight is 289 g/mol. The monoisotopic (exact) mass is 288 g/mol. The topological polar surface area (TPSA) is 20.2 Å². The quantitative estimate of drug-likeness (QED) is 0.815. The number of halogens is 4. The van der Waals surface area contributed by atoms with Gasteiger partial charge in [0.25, 0.3) is 0 Å². The molecule has 1 unspecified atom stereocenters. The van der Waals surface area contributed by atoms with Crippen LogP contribution >= 0.6 is 23.2 Å². The molecule has 0 aliphatic carbocycles. The molecule has 0 bridgehead atoms. The van der Waals surface area contributed by atoms with Crippen LogP contribution in [0.15, 0.2) is 36.4 Å². The van der Waals surface area contributed by atoms with Crippen LogP contribution in [0.25, 0.3) is 0 Å². The van der Waals surface area contributed by atoms with Crippen molar-refractivity contribution in [3.05, 3.63) is 69.2 Å². The summed E-state index contributed by atoms with van der Waals surface area (Å²) in [6, 6.07) is 7.93. The Kier molecular flexibility index (Phi) is 3.85. The van der Waals surface area contributed by atoms with Crippen LogP contribution in [0.4, 0.5) is 8.78 Å². The number of aliphatic hydroxyl groups excluding tert-OH is 1. The predicted octanol–water partition coefficient (Wildman–Crippen LogP) is 4.35. The minimum atomic E-state index is -1.27. The zero-order valence-corrected chi connectivity index (χ0v) is 10.5. The van der Waals surface area contributed by atoms with Crippen LogP contribution in [-0.2, 0) is 0 Å². The summed E-state index contributed by atoms with van der Waals surface area (Å²) in [6.45, 7) is 0. The summed E-state index contributed by atoms with van der Waals surface area (Å²) in [6.07, 6.45) is -1.27. The van der Waals surface area contributed by atoms with Crippen LogP contribution < -0.4 is 0 Å². The maximum atomic E-state index is 13.6. The SMILES string of the molecule is OC(c1ccc(Cl)cc1)c1cc(F)c(Cl)cc1F. The molecule has 2 rings (SSSR count). The first-order valence-corrected chi connectivity index (χ1v) is 5.82. The fourth-order valence-corrected chi connectivity index (χ4v) is 1.85. The molecule has 0 radical (unpaired) electrons. The summed E-state index contributed by atoms with van der Waals surface area (Å²) < 4.78 is 26.9.